The highest BCUT2D eigenvalue weighted by Gasteiger charge is 2.21. The lowest BCUT2D eigenvalue weighted by Gasteiger charge is -2.36. The lowest BCUT2D eigenvalue weighted by atomic mass is 10.1. The number of piperazine rings is 1. The van der Waals surface area contributed by atoms with Crippen LogP contribution in [0.4, 0.5) is 11.6 Å². The molecule has 5 rings (SSSR count). The van der Waals surface area contributed by atoms with Crippen molar-refractivity contribution in [1.29, 1.82) is 0 Å². The first kappa shape index (κ1) is 19.3. The minimum absolute atomic E-state index is 0.815. The smallest absolute Gasteiger partial charge is 0.151 e. The third-order valence-corrected chi connectivity index (χ3v) is 5.86. The van der Waals surface area contributed by atoms with Gasteiger partial charge in [0.05, 0.1) is 12.8 Å². The Kier molecular flexibility index (Phi) is 5.12. The number of fused-ring (bicyclic) bond motifs is 1. The SMILES string of the molecule is COc1cccc2c(C)cc(N3CCN(c4ccc(-c5ccccc5)nn4)CC3)nc12. The maximum absolute atomic E-state index is 5.54. The molecule has 6 heteroatoms. The fraction of sp³-hybridized carbons (Fsp3) is 0.240. The molecular formula is C25H25N5O. The summed E-state index contributed by atoms with van der Waals surface area (Å²) < 4.78 is 5.54. The van der Waals surface area contributed by atoms with Crippen LogP contribution in [-0.4, -0.2) is 48.5 Å². The van der Waals surface area contributed by atoms with Crippen molar-refractivity contribution in [3.63, 3.8) is 0 Å². The van der Waals surface area contributed by atoms with Gasteiger partial charge in [0, 0.05) is 37.1 Å². The van der Waals surface area contributed by atoms with Crippen LogP contribution in [0, 0.1) is 6.92 Å². The molecule has 31 heavy (non-hydrogen) atoms. The molecule has 0 bridgehead atoms. The number of anilines is 2. The molecule has 2 aromatic heterocycles. The van der Waals surface area contributed by atoms with Crippen LogP contribution in [0.1, 0.15) is 5.56 Å². The van der Waals surface area contributed by atoms with E-state index < -0.39 is 0 Å². The van der Waals surface area contributed by atoms with Gasteiger partial charge in [0.1, 0.15) is 17.1 Å². The van der Waals surface area contributed by atoms with E-state index in [1.54, 1.807) is 7.11 Å². The van der Waals surface area contributed by atoms with Gasteiger partial charge < -0.3 is 14.5 Å². The fourth-order valence-electron chi connectivity index (χ4n) is 4.12. The molecule has 2 aromatic carbocycles. The van der Waals surface area contributed by atoms with Gasteiger partial charge in [0.2, 0.25) is 0 Å². The number of ether oxygens (including phenoxy) is 1. The number of hydrogen-bond acceptors (Lipinski definition) is 6. The number of nitrogens with zero attached hydrogens (tertiary/aromatic N) is 5. The van der Waals surface area contributed by atoms with Crippen molar-refractivity contribution in [2.24, 2.45) is 0 Å². The summed E-state index contributed by atoms with van der Waals surface area (Å²) in [4.78, 5) is 9.55. The first-order valence-corrected chi connectivity index (χ1v) is 10.6. The third kappa shape index (κ3) is 3.77. The fourth-order valence-corrected chi connectivity index (χ4v) is 4.12. The summed E-state index contributed by atoms with van der Waals surface area (Å²) in [5.41, 5.74) is 4.11. The highest BCUT2D eigenvalue weighted by Crippen LogP contribution is 2.30. The Labute approximate surface area is 182 Å². The Morgan fingerprint density at radius 2 is 1.52 bits per heavy atom. The molecule has 3 heterocycles. The number of para-hydroxylation sites is 1. The Bertz CT molecular complexity index is 1190. The predicted molar refractivity (Wildman–Crippen MR) is 125 cm³/mol. The van der Waals surface area contributed by atoms with E-state index >= 15 is 0 Å². The van der Waals surface area contributed by atoms with Crippen LogP contribution in [0.25, 0.3) is 22.2 Å². The molecule has 156 valence electrons. The summed E-state index contributed by atoms with van der Waals surface area (Å²) in [5.74, 6) is 2.73. The van der Waals surface area contributed by atoms with Crippen LogP contribution >= 0.6 is 0 Å². The van der Waals surface area contributed by atoms with Gasteiger partial charge in [-0.15, -0.1) is 10.2 Å². The van der Waals surface area contributed by atoms with Gasteiger partial charge in [-0.05, 0) is 36.8 Å². The lowest BCUT2D eigenvalue weighted by Crippen LogP contribution is -2.47. The van der Waals surface area contributed by atoms with Crippen LogP contribution < -0.4 is 14.5 Å². The molecule has 0 N–H and O–H groups in total. The molecule has 0 radical (unpaired) electrons. The molecule has 0 atom stereocenters. The Morgan fingerprint density at radius 1 is 0.774 bits per heavy atom. The van der Waals surface area contributed by atoms with Crippen molar-refractivity contribution < 1.29 is 4.74 Å². The number of methoxy groups -OCH3 is 1. The van der Waals surface area contributed by atoms with Crippen LogP contribution in [-0.2, 0) is 0 Å². The summed E-state index contributed by atoms with van der Waals surface area (Å²) in [6, 6.07) is 22.5. The average molecular weight is 412 g/mol. The van der Waals surface area contributed by atoms with Gasteiger partial charge in [0.15, 0.2) is 5.82 Å². The molecule has 1 fully saturated rings. The van der Waals surface area contributed by atoms with Crippen molar-refractivity contribution in [3.05, 3.63) is 72.3 Å². The Hall–Kier alpha value is -3.67. The molecule has 0 aliphatic carbocycles. The highest BCUT2D eigenvalue weighted by molar-refractivity contribution is 5.89. The number of rotatable bonds is 4. The van der Waals surface area contributed by atoms with Crippen LogP contribution in [0.3, 0.4) is 0 Å². The number of hydrogen-bond donors (Lipinski definition) is 0. The topological polar surface area (TPSA) is 54.4 Å². The highest BCUT2D eigenvalue weighted by atomic mass is 16.5. The largest absolute Gasteiger partial charge is 0.494 e. The van der Waals surface area contributed by atoms with Gasteiger partial charge in [-0.1, -0.05) is 42.5 Å². The maximum atomic E-state index is 5.54. The first-order valence-electron chi connectivity index (χ1n) is 10.6. The Balaban J connectivity index is 1.31. The molecule has 4 aromatic rings. The van der Waals surface area contributed by atoms with Gasteiger partial charge in [-0.3, -0.25) is 0 Å². The van der Waals surface area contributed by atoms with Gasteiger partial charge in [-0.25, -0.2) is 4.98 Å². The van der Waals surface area contributed by atoms with E-state index in [1.165, 1.54) is 5.56 Å². The van der Waals surface area contributed by atoms with Crippen molar-refractivity contribution in [3.8, 4) is 17.0 Å². The van der Waals surface area contributed by atoms with Crippen molar-refractivity contribution in [1.82, 2.24) is 15.2 Å². The molecule has 6 nitrogen and oxygen atoms in total. The van der Waals surface area contributed by atoms with Crippen LogP contribution in [0.15, 0.2) is 66.7 Å². The van der Waals surface area contributed by atoms with Crippen LogP contribution in [0.5, 0.6) is 5.75 Å². The van der Waals surface area contributed by atoms with Gasteiger partial charge >= 0.3 is 0 Å². The first-order chi connectivity index (χ1) is 15.2. The average Bonchev–Trinajstić information content (AvgIpc) is 2.84. The zero-order valence-corrected chi connectivity index (χ0v) is 17.8. The van der Waals surface area contributed by atoms with Crippen molar-refractivity contribution in [2.45, 2.75) is 6.92 Å². The minimum Gasteiger partial charge on any atom is -0.494 e. The van der Waals surface area contributed by atoms with E-state index in [-0.39, 0.29) is 0 Å². The number of aryl methyl sites for hydroxylation is 1. The zero-order valence-electron chi connectivity index (χ0n) is 17.8. The molecule has 1 saturated heterocycles. The second kappa shape index (κ2) is 8.22. The predicted octanol–water partition coefficient (Wildman–Crippen LogP) is 4.34. The standard InChI is InChI=1S/C25H25N5O/c1-18-17-24(26-25-20(18)9-6-10-22(25)31-2)30-15-13-29(14-16-30)23-12-11-21(27-28-23)19-7-4-3-5-8-19/h3-12,17H,13-16H2,1-2H3. The molecular weight excluding hydrogens is 386 g/mol. The minimum atomic E-state index is 0.815. The van der Waals surface area contributed by atoms with E-state index in [2.05, 4.69) is 57.3 Å². The molecule has 0 saturated carbocycles. The Morgan fingerprint density at radius 3 is 2.19 bits per heavy atom. The number of pyridine rings is 1. The summed E-state index contributed by atoms with van der Waals surface area (Å²) in [6.07, 6.45) is 0. The summed E-state index contributed by atoms with van der Waals surface area (Å²) >= 11 is 0. The number of benzene rings is 2. The van der Waals surface area contributed by atoms with Crippen molar-refractivity contribution >= 4 is 22.5 Å². The quantitative estimate of drug-likeness (QED) is 0.498. The zero-order chi connectivity index (χ0) is 21.2. The van der Waals surface area contributed by atoms with Gasteiger partial charge in [0.25, 0.3) is 0 Å². The van der Waals surface area contributed by atoms with E-state index in [0.29, 0.717) is 0 Å². The summed E-state index contributed by atoms with van der Waals surface area (Å²) in [7, 11) is 1.70. The summed E-state index contributed by atoms with van der Waals surface area (Å²) in [6.45, 7) is 5.66. The van der Waals surface area contributed by atoms with E-state index in [0.717, 1.165) is 65.7 Å². The molecule has 0 spiro atoms. The van der Waals surface area contributed by atoms with Gasteiger partial charge in [-0.2, -0.15) is 0 Å². The van der Waals surface area contributed by atoms with Crippen molar-refractivity contribution in [2.75, 3.05) is 43.1 Å². The molecule has 0 unspecified atom stereocenters. The third-order valence-electron chi connectivity index (χ3n) is 5.86. The van der Waals surface area contributed by atoms with E-state index in [9.17, 15) is 0 Å². The number of aromatic nitrogens is 3. The normalized spacial score (nSPS) is 14.1. The second-order valence-corrected chi connectivity index (χ2v) is 7.77. The second-order valence-electron chi connectivity index (χ2n) is 7.77. The monoisotopic (exact) mass is 411 g/mol. The van der Waals surface area contributed by atoms with E-state index in [4.69, 9.17) is 9.72 Å². The molecule has 0 amide bonds. The molecule has 1 aliphatic rings. The maximum Gasteiger partial charge on any atom is 0.151 e. The summed E-state index contributed by atoms with van der Waals surface area (Å²) in [5, 5.41) is 10.0. The van der Waals surface area contributed by atoms with Crippen LogP contribution in [0.2, 0.25) is 0 Å². The lowest BCUT2D eigenvalue weighted by molar-refractivity contribution is 0.419. The molecule has 1 aliphatic heterocycles. The van der Waals surface area contributed by atoms with E-state index in [1.807, 2.05) is 36.4 Å².